The molecule has 2 atom stereocenters. The summed E-state index contributed by atoms with van der Waals surface area (Å²) < 4.78 is 22.5. The van der Waals surface area contributed by atoms with E-state index in [1.807, 2.05) is 0 Å². The van der Waals surface area contributed by atoms with E-state index in [0.717, 1.165) is 19.3 Å². The summed E-state index contributed by atoms with van der Waals surface area (Å²) in [6, 6.07) is 0. The maximum absolute atomic E-state index is 11.2. The van der Waals surface area contributed by atoms with Crippen molar-refractivity contribution in [3.05, 3.63) is 0 Å². The maximum Gasteiger partial charge on any atom is 0.150 e. The second kappa shape index (κ2) is 4.42. The van der Waals surface area contributed by atoms with Gasteiger partial charge in [0.25, 0.3) is 0 Å². The van der Waals surface area contributed by atoms with E-state index in [-0.39, 0.29) is 0 Å². The minimum absolute atomic E-state index is 0.374. The highest BCUT2D eigenvalue weighted by Gasteiger charge is 2.32. The normalized spacial score (nSPS) is 28.9. The molecule has 4 heteroatoms. The maximum atomic E-state index is 11.2. The first-order chi connectivity index (χ1) is 6.09. The Balaban J connectivity index is 2.52. The van der Waals surface area contributed by atoms with Gasteiger partial charge in [-0.1, -0.05) is 13.3 Å². The molecule has 2 N–H and O–H groups in total. The monoisotopic (exact) mass is 205 g/mol. The lowest BCUT2D eigenvalue weighted by Gasteiger charge is -2.19. The van der Waals surface area contributed by atoms with E-state index in [2.05, 4.69) is 6.92 Å². The van der Waals surface area contributed by atoms with Crippen LogP contribution in [0, 0.1) is 11.8 Å². The van der Waals surface area contributed by atoms with Crippen molar-refractivity contribution in [3.8, 4) is 0 Å². The molecule has 1 fully saturated rings. The molecule has 0 radical (unpaired) electrons. The first kappa shape index (κ1) is 11.0. The summed E-state index contributed by atoms with van der Waals surface area (Å²) in [7, 11) is -2.71. The molecule has 1 heterocycles. The van der Waals surface area contributed by atoms with Crippen LogP contribution in [-0.4, -0.2) is 26.5 Å². The zero-order chi connectivity index (χ0) is 9.90. The van der Waals surface area contributed by atoms with Gasteiger partial charge in [-0.3, -0.25) is 0 Å². The zero-order valence-corrected chi connectivity index (χ0v) is 9.02. The van der Waals surface area contributed by atoms with E-state index < -0.39 is 9.84 Å². The Hall–Kier alpha value is -0.0900. The van der Waals surface area contributed by atoms with Gasteiger partial charge in [0.15, 0.2) is 9.84 Å². The van der Waals surface area contributed by atoms with E-state index >= 15 is 0 Å². The molecule has 78 valence electrons. The predicted molar refractivity (Wildman–Crippen MR) is 54.2 cm³/mol. The third-order valence-corrected chi connectivity index (χ3v) is 4.79. The second-order valence-corrected chi connectivity index (χ2v) is 6.14. The quantitative estimate of drug-likeness (QED) is 0.738. The number of hydrogen-bond donors (Lipinski definition) is 1. The fourth-order valence-corrected chi connectivity index (χ4v) is 4.10. The van der Waals surface area contributed by atoms with Gasteiger partial charge in [0.2, 0.25) is 0 Å². The number of rotatable bonds is 4. The highest BCUT2D eigenvalue weighted by molar-refractivity contribution is 7.91. The van der Waals surface area contributed by atoms with Crippen LogP contribution in [0.15, 0.2) is 0 Å². The summed E-state index contributed by atoms with van der Waals surface area (Å²) in [6.45, 7) is 2.79. The molecule has 13 heavy (non-hydrogen) atoms. The molecule has 0 aliphatic carbocycles. The van der Waals surface area contributed by atoms with Crippen LogP contribution in [0.3, 0.4) is 0 Å². The molecule has 0 aromatic carbocycles. The molecular formula is C9H19NO2S. The van der Waals surface area contributed by atoms with Crippen LogP contribution < -0.4 is 5.73 Å². The van der Waals surface area contributed by atoms with Gasteiger partial charge in [-0.15, -0.1) is 0 Å². The van der Waals surface area contributed by atoms with Crippen LogP contribution >= 0.6 is 0 Å². The topological polar surface area (TPSA) is 60.2 Å². The molecule has 1 aliphatic rings. The Morgan fingerprint density at radius 3 is 2.62 bits per heavy atom. The Bertz CT molecular complexity index is 248. The van der Waals surface area contributed by atoms with E-state index in [0.29, 0.717) is 29.9 Å². The third kappa shape index (κ3) is 2.95. The third-order valence-electron chi connectivity index (χ3n) is 3.00. The standard InChI is InChI=1S/C9H19NO2S/c1-2-8(3-5-10)9-4-6-13(11,12)7-9/h8-9H,2-7,10H2,1H3. The Labute approximate surface area is 80.6 Å². The lowest BCUT2D eigenvalue weighted by atomic mass is 9.87. The Morgan fingerprint density at radius 2 is 2.23 bits per heavy atom. The van der Waals surface area contributed by atoms with Gasteiger partial charge in [0.1, 0.15) is 0 Å². The summed E-state index contributed by atoms with van der Waals surface area (Å²) in [5.74, 6) is 1.67. The van der Waals surface area contributed by atoms with Gasteiger partial charge < -0.3 is 5.73 Å². The van der Waals surface area contributed by atoms with Crippen molar-refractivity contribution in [1.29, 1.82) is 0 Å². The Kier molecular flexibility index (Phi) is 3.74. The van der Waals surface area contributed by atoms with Crippen LogP contribution in [0.1, 0.15) is 26.2 Å². The first-order valence-electron chi connectivity index (χ1n) is 4.99. The fraction of sp³-hybridized carbons (Fsp3) is 1.00. The van der Waals surface area contributed by atoms with Crippen molar-refractivity contribution in [2.45, 2.75) is 26.2 Å². The van der Waals surface area contributed by atoms with E-state index in [4.69, 9.17) is 5.73 Å². The largest absolute Gasteiger partial charge is 0.330 e. The molecule has 0 bridgehead atoms. The second-order valence-electron chi connectivity index (χ2n) is 3.91. The molecule has 0 spiro atoms. The van der Waals surface area contributed by atoms with Crippen molar-refractivity contribution in [2.24, 2.45) is 17.6 Å². The minimum Gasteiger partial charge on any atom is -0.330 e. The number of nitrogens with two attached hydrogens (primary N) is 1. The van der Waals surface area contributed by atoms with Crippen molar-refractivity contribution in [2.75, 3.05) is 18.1 Å². The van der Waals surface area contributed by atoms with Crippen LogP contribution in [0.5, 0.6) is 0 Å². The minimum atomic E-state index is -2.71. The van der Waals surface area contributed by atoms with E-state index in [1.165, 1.54) is 0 Å². The van der Waals surface area contributed by atoms with Crippen molar-refractivity contribution in [3.63, 3.8) is 0 Å². The molecule has 0 saturated carbocycles. The van der Waals surface area contributed by atoms with E-state index in [9.17, 15) is 8.42 Å². The van der Waals surface area contributed by atoms with Gasteiger partial charge in [0, 0.05) is 0 Å². The number of sulfone groups is 1. The first-order valence-corrected chi connectivity index (χ1v) is 6.81. The van der Waals surface area contributed by atoms with Crippen LogP contribution in [-0.2, 0) is 9.84 Å². The zero-order valence-electron chi connectivity index (χ0n) is 8.20. The Morgan fingerprint density at radius 1 is 1.54 bits per heavy atom. The van der Waals surface area contributed by atoms with Crippen molar-refractivity contribution < 1.29 is 8.42 Å². The molecular weight excluding hydrogens is 186 g/mol. The summed E-state index contributed by atoms with van der Waals surface area (Å²) in [5.41, 5.74) is 5.49. The summed E-state index contributed by atoms with van der Waals surface area (Å²) in [6.07, 6.45) is 2.87. The molecule has 2 unspecified atom stereocenters. The van der Waals surface area contributed by atoms with Gasteiger partial charge in [-0.05, 0) is 31.2 Å². The molecule has 0 amide bonds. The smallest absolute Gasteiger partial charge is 0.150 e. The number of hydrogen-bond acceptors (Lipinski definition) is 3. The van der Waals surface area contributed by atoms with Gasteiger partial charge >= 0.3 is 0 Å². The van der Waals surface area contributed by atoms with Crippen LogP contribution in [0.25, 0.3) is 0 Å². The molecule has 1 aliphatic heterocycles. The molecule has 0 aromatic rings. The summed E-state index contributed by atoms with van der Waals surface area (Å²) >= 11 is 0. The molecule has 1 rings (SSSR count). The van der Waals surface area contributed by atoms with Gasteiger partial charge in [-0.2, -0.15) is 0 Å². The lowest BCUT2D eigenvalue weighted by molar-refractivity contribution is 0.336. The van der Waals surface area contributed by atoms with E-state index in [1.54, 1.807) is 0 Å². The highest BCUT2D eigenvalue weighted by Crippen LogP contribution is 2.29. The summed E-state index contributed by atoms with van der Waals surface area (Å²) in [5, 5.41) is 0. The lowest BCUT2D eigenvalue weighted by Crippen LogP contribution is -2.19. The van der Waals surface area contributed by atoms with Gasteiger partial charge in [-0.25, -0.2) is 8.42 Å². The van der Waals surface area contributed by atoms with Crippen LogP contribution in [0.4, 0.5) is 0 Å². The highest BCUT2D eigenvalue weighted by atomic mass is 32.2. The molecule has 3 nitrogen and oxygen atoms in total. The fourth-order valence-electron chi connectivity index (χ4n) is 2.18. The molecule has 0 aromatic heterocycles. The average molecular weight is 205 g/mol. The van der Waals surface area contributed by atoms with Crippen molar-refractivity contribution in [1.82, 2.24) is 0 Å². The average Bonchev–Trinajstić information content (AvgIpc) is 2.42. The SMILES string of the molecule is CCC(CCN)C1CCS(=O)(=O)C1. The summed E-state index contributed by atoms with van der Waals surface area (Å²) in [4.78, 5) is 0. The predicted octanol–water partition coefficient (Wildman–Crippen LogP) is 0.796. The van der Waals surface area contributed by atoms with Gasteiger partial charge in [0.05, 0.1) is 11.5 Å². The van der Waals surface area contributed by atoms with Crippen LogP contribution in [0.2, 0.25) is 0 Å². The van der Waals surface area contributed by atoms with Crippen molar-refractivity contribution >= 4 is 9.84 Å². The molecule has 1 saturated heterocycles.